The molecule has 2 aromatic carbocycles. The Bertz CT molecular complexity index is 1290. The standard InChI is InChI=1S/C26H29F2N7/c1-16(2)14-35-15-19(12-32-35)24-13-31-26(29,20-8-21(27)10-22(28)9-20)34-25(24)33-23-4-3-17-5-6-30-11-18(17)7-23/h3-4,7-10,12-13,15-16,30-31H,5-6,11,14,29H2,1-2H3,(H,33,34). The van der Waals surface area contributed by atoms with E-state index in [-0.39, 0.29) is 5.56 Å². The highest BCUT2D eigenvalue weighted by molar-refractivity contribution is 6.28. The van der Waals surface area contributed by atoms with Crippen molar-refractivity contribution in [3.05, 3.63) is 88.9 Å². The Labute approximate surface area is 203 Å². The summed E-state index contributed by atoms with van der Waals surface area (Å²) < 4.78 is 29.9. The molecule has 2 aliphatic heterocycles. The summed E-state index contributed by atoms with van der Waals surface area (Å²) in [6.45, 7) is 6.80. The molecule has 0 amide bonds. The third-order valence-electron chi connectivity index (χ3n) is 6.13. The van der Waals surface area contributed by atoms with Gasteiger partial charge in [0, 0.05) is 53.9 Å². The topological polar surface area (TPSA) is 92.3 Å². The van der Waals surface area contributed by atoms with E-state index < -0.39 is 17.4 Å². The average Bonchev–Trinajstić information content (AvgIpc) is 3.26. The number of aromatic nitrogens is 2. The summed E-state index contributed by atoms with van der Waals surface area (Å²) in [4.78, 5) is 4.72. The molecule has 182 valence electrons. The van der Waals surface area contributed by atoms with Crippen LogP contribution in [0.3, 0.4) is 0 Å². The van der Waals surface area contributed by atoms with Gasteiger partial charge < -0.3 is 16.0 Å². The smallest absolute Gasteiger partial charge is 0.211 e. The number of nitrogens with zero attached hydrogens (tertiary/aromatic N) is 3. The van der Waals surface area contributed by atoms with Crippen molar-refractivity contribution in [1.29, 1.82) is 0 Å². The van der Waals surface area contributed by atoms with E-state index in [2.05, 4.69) is 47.0 Å². The van der Waals surface area contributed by atoms with Crippen LogP contribution in [-0.2, 0) is 25.3 Å². The van der Waals surface area contributed by atoms with Crippen LogP contribution >= 0.6 is 0 Å². The number of anilines is 1. The van der Waals surface area contributed by atoms with Crippen LogP contribution in [0.4, 0.5) is 14.5 Å². The number of nitrogens with one attached hydrogen (secondary N) is 3. The van der Waals surface area contributed by atoms with Gasteiger partial charge in [0.25, 0.3) is 0 Å². The first kappa shape index (κ1) is 23.2. The molecule has 35 heavy (non-hydrogen) atoms. The monoisotopic (exact) mass is 477 g/mol. The molecule has 0 spiro atoms. The van der Waals surface area contributed by atoms with Crippen molar-refractivity contribution in [3.63, 3.8) is 0 Å². The highest BCUT2D eigenvalue weighted by atomic mass is 19.1. The Morgan fingerprint density at radius 3 is 2.71 bits per heavy atom. The average molecular weight is 478 g/mol. The lowest BCUT2D eigenvalue weighted by molar-refractivity contribution is 0.405. The summed E-state index contributed by atoms with van der Waals surface area (Å²) in [5.74, 6) is -2.08. The van der Waals surface area contributed by atoms with Crippen molar-refractivity contribution in [2.45, 2.75) is 39.1 Å². The minimum Gasteiger partial charge on any atom is -0.351 e. The minimum atomic E-state index is -1.56. The summed E-state index contributed by atoms with van der Waals surface area (Å²) in [5, 5.41) is 14.3. The van der Waals surface area contributed by atoms with E-state index in [1.165, 1.54) is 23.3 Å². The Hall–Kier alpha value is -3.56. The Morgan fingerprint density at radius 1 is 1.14 bits per heavy atom. The number of amidine groups is 1. The Morgan fingerprint density at radius 2 is 1.94 bits per heavy atom. The fourth-order valence-corrected chi connectivity index (χ4v) is 4.43. The van der Waals surface area contributed by atoms with Crippen LogP contribution in [0.1, 0.15) is 36.1 Å². The summed E-state index contributed by atoms with van der Waals surface area (Å²) >= 11 is 0. The van der Waals surface area contributed by atoms with Gasteiger partial charge in [0.1, 0.15) is 17.5 Å². The van der Waals surface area contributed by atoms with Gasteiger partial charge >= 0.3 is 0 Å². The van der Waals surface area contributed by atoms with Crippen LogP contribution in [0.2, 0.25) is 0 Å². The molecule has 7 nitrogen and oxygen atoms in total. The SMILES string of the molecule is CC(C)Cn1cc(C2=CNC(N)(c3cc(F)cc(F)c3)N=C2Nc2ccc3c(c2)CNCC3)cn1. The van der Waals surface area contributed by atoms with Gasteiger partial charge in [-0.25, -0.2) is 13.8 Å². The number of rotatable bonds is 5. The molecule has 0 saturated carbocycles. The zero-order chi connectivity index (χ0) is 24.6. The Balaban J connectivity index is 1.53. The van der Waals surface area contributed by atoms with Gasteiger partial charge in [-0.3, -0.25) is 10.4 Å². The molecule has 5 rings (SSSR count). The van der Waals surface area contributed by atoms with Crippen LogP contribution in [0.15, 0.2) is 60.0 Å². The maximum atomic E-state index is 14.0. The van der Waals surface area contributed by atoms with Crippen molar-refractivity contribution < 1.29 is 8.78 Å². The number of halogens is 2. The van der Waals surface area contributed by atoms with E-state index in [1.54, 1.807) is 12.4 Å². The molecule has 9 heteroatoms. The predicted molar refractivity (Wildman–Crippen MR) is 133 cm³/mol. The molecule has 0 fully saturated rings. The second-order valence-electron chi connectivity index (χ2n) is 9.47. The molecule has 3 aromatic rings. The normalized spacial score (nSPS) is 19.6. The molecule has 3 heterocycles. The molecule has 2 aliphatic rings. The van der Waals surface area contributed by atoms with E-state index in [0.717, 1.165) is 48.9 Å². The lowest BCUT2D eigenvalue weighted by Crippen LogP contribution is -2.50. The van der Waals surface area contributed by atoms with E-state index in [4.69, 9.17) is 10.7 Å². The quantitative estimate of drug-likeness (QED) is 0.450. The van der Waals surface area contributed by atoms with Crippen LogP contribution in [0, 0.1) is 17.6 Å². The van der Waals surface area contributed by atoms with E-state index in [1.807, 2.05) is 16.9 Å². The number of hydrogen-bond donors (Lipinski definition) is 4. The lowest BCUT2D eigenvalue weighted by atomic mass is 10.00. The zero-order valence-electron chi connectivity index (χ0n) is 19.8. The molecule has 1 unspecified atom stereocenters. The number of aliphatic imine (C=N–C) groups is 1. The van der Waals surface area contributed by atoms with Crippen molar-refractivity contribution in [3.8, 4) is 0 Å². The number of nitrogens with two attached hydrogens (primary N) is 1. The second kappa shape index (κ2) is 9.24. The van der Waals surface area contributed by atoms with E-state index >= 15 is 0 Å². The highest BCUT2D eigenvalue weighted by Crippen LogP contribution is 2.29. The van der Waals surface area contributed by atoms with E-state index in [9.17, 15) is 8.78 Å². The summed E-state index contributed by atoms with van der Waals surface area (Å²) in [6.07, 6.45) is 6.43. The lowest BCUT2D eigenvalue weighted by Gasteiger charge is -2.32. The molecule has 1 atom stereocenters. The van der Waals surface area contributed by atoms with Gasteiger partial charge in [0.2, 0.25) is 5.79 Å². The maximum Gasteiger partial charge on any atom is 0.211 e. The number of hydrogen-bond acceptors (Lipinski definition) is 6. The zero-order valence-corrected chi connectivity index (χ0v) is 19.8. The first-order chi connectivity index (χ1) is 16.8. The van der Waals surface area contributed by atoms with Crippen molar-refractivity contribution in [2.75, 3.05) is 11.9 Å². The van der Waals surface area contributed by atoms with Crippen molar-refractivity contribution in [2.24, 2.45) is 16.6 Å². The van der Waals surface area contributed by atoms with Crippen LogP contribution in [-0.4, -0.2) is 22.2 Å². The second-order valence-corrected chi connectivity index (χ2v) is 9.47. The third kappa shape index (κ3) is 4.96. The summed E-state index contributed by atoms with van der Waals surface area (Å²) in [6, 6.07) is 9.38. The van der Waals surface area contributed by atoms with Crippen molar-refractivity contribution in [1.82, 2.24) is 20.4 Å². The molecular formula is C26H29F2N7. The van der Waals surface area contributed by atoms with Gasteiger partial charge in [0.05, 0.1) is 6.20 Å². The van der Waals surface area contributed by atoms with E-state index in [0.29, 0.717) is 11.8 Å². The predicted octanol–water partition coefficient (Wildman–Crippen LogP) is 3.69. The van der Waals surface area contributed by atoms with Crippen LogP contribution < -0.4 is 21.7 Å². The molecule has 0 saturated heterocycles. The number of benzene rings is 2. The molecule has 5 N–H and O–H groups in total. The summed E-state index contributed by atoms with van der Waals surface area (Å²) in [5.41, 5.74) is 11.7. The Kier molecular flexibility index (Phi) is 6.12. The highest BCUT2D eigenvalue weighted by Gasteiger charge is 2.32. The first-order valence-electron chi connectivity index (χ1n) is 11.7. The van der Waals surface area contributed by atoms with Crippen LogP contribution in [0.25, 0.3) is 5.57 Å². The summed E-state index contributed by atoms with van der Waals surface area (Å²) in [7, 11) is 0. The first-order valence-corrected chi connectivity index (χ1v) is 11.7. The fourth-order valence-electron chi connectivity index (χ4n) is 4.43. The third-order valence-corrected chi connectivity index (χ3v) is 6.13. The maximum absolute atomic E-state index is 14.0. The molecule has 0 bridgehead atoms. The fraction of sp³-hybridized carbons (Fsp3) is 0.308. The molecule has 0 radical (unpaired) electrons. The van der Waals surface area contributed by atoms with Gasteiger partial charge in [0.15, 0.2) is 0 Å². The molecular weight excluding hydrogens is 448 g/mol. The van der Waals surface area contributed by atoms with Crippen molar-refractivity contribution >= 4 is 17.1 Å². The largest absolute Gasteiger partial charge is 0.351 e. The van der Waals surface area contributed by atoms with Gasteiger partial charge in [-0.15, -0.1) is 0 Å². The minimum absolute atomic E-state index is 0.176. The van der Waals surface area contributed by atoms with Crippen LogP contribution in [0.5, 0.6) is 0 Å². The van der Waals surface area contributed by atoms with Gasteiger partial charge in [-0.05, 0) is 54.3 Å². The van der Waals surface area contributed by atoms with Gasteiger partial charge in [-0.2, -0.15) is 5.10 Å². The molecule has 1 aromatic heterocycles. The number of fused-ring (bicyclic) bond motifs is 1. The van der Waals surface area contributed by atoms with Gasteiger partial charge in [-0.1, -0.05) is 19.9 Å². The molecule has 0 aliphatic carbocycles.